The molecule has 4 rings (SSSR count). The predicted octanol–water partition coefficient (Wildman–Crippen LogP) is 3.50. The Morgan fingerprint density at radius 1 is 1.14 bits per heavy atom. The number of guanidine groups is 1. The summed E-state index contributed by atoms with van der Waals surface area (Å²) in [6, 6.07) is 18.4. The summed E-state index contributed by atoms with van der Waals surface area (Å²) >= 11 is 6.00. The number of hydrogen-bond acceptors (Lipinski definition) is 8. The van der Waals surface area contributed by atoms with E-state index in [1.165, 1.54) is 11.0 Å². The highest BCUT2D eigenvalue weighted by atomic mass is 35.5. The molecule has 0 saturated carbocycles. The number of hydrogen-bond donors (Lipinski definition) is 2. The predicted molar refractivity (Wildman–Crippen MR) is 133 cm³/mol. The topological polar surface area (TPSA) is 133 Å². The van der Waals surface area contributed by atoms with Gasteiger partial charge in [-0.15, -0.1) is 10.2 Å². The molecule has 36 heavy (non-hydrogen) atoms. The average molecular weight is 504 g/mol. The molecule has 11 heteroatoms. The molecule has 2 amide bonds. The van der Waals surface area contributed by atoms with Crippen LogP contribution < -0.4 is 15.4 Å². The number of halogens is 1. The number of carbonyl (C=O) groups is 2. The Kier molecular flexibility index (Phi) is 7.72. The number of aromatic nitrogens is 2. The van der Waals surface area contributed by atoms with E-state index in [4.69, 9.17) is 21.6 Å². The summed E-state index contributed by atoms with van der Waals surface area (Å²) in [7, 11) is 0. The van der Waals surface area contributed by atoms with Gasteiger partial charge in [-0.3, -0.25) is 14.5 Å². The number of nitrogens with one attached hydrogen (secondary N) is 2. The molecule has 1 unspecified atom stereocenters. The monoisotopic (exact) mass is 503 g/mol. The standard InChI is InChI=1S/C25H22ClN7O3/c1-2-22(34)30-21-14-28-25(33(24(21)35)15-16-3-5-17(26)6-4-16)29-18-7-10-20(11-8-18)36-23-12-9-19(13-27)31-32-23/h3-12,21H,2,14-15H2,1H3,(H,28,29)(H,30,34). The highest BCUT2D eigenvalue weighted by Crippen LogP contribution is 2.22. The number of aliphatic imine (C=N–C) groups is 1. The minimum atomic E-state index is -0.736. The molecule has 1 aromatic heterocycles. The van der Waals surface area contributed by atoms with Crippen LogP contribution in [0.1, 0.15) is 24.6 Å². The number of rotatable bonds is 7. The maximum atomic E-state index is 13.3. The van der Waals surface area contributed by atoms with Crippen molar-refractivity contribution in [3.63, 3.8) is 0 Å². The van der Waals surface area contributed by atoms with Crippen LogP contribution in [0.2, 0.25) is 5.02 Å². The van der Waals surface area contributed by atoms with E-state index < -0.39 is 6.04 Å². The number of nitriles is 1. The first-order chi connectivity index (χ1) is 17.4. The second-order valence-electron chi connectivity index (χ2n) is 7.81. The molecule has 182 valence electrons. The van der Waals surface area contributed by atoms with Gasteiger partial charge in [0, 0.05) is 23.2 Å². The van der Waals surface area contributed by atoms with Crippen LogP contribution >= 0.6 is 11.6 Å². The smallest absolute Gasteiger partial charge is 0.254 e. The highest BCUT2D eigenvalue weighted by Gasteiger charge is 2.33. The zero-order chi connectivity index (χ0) is 25.5. The molecule has 2 aromatic carbocycles. The molecule has 0 fully saturated rings. The lowest BCUT2D eigenvalue weighted by molar-refractivity contribution is -0.133. The quantitative estimate of drug-likeness (QED) is 0.504. The molecule has 0 saturated heterocycles. The van der Waals surface area contributed by atoms with Crippen molar-refractivity contribution in [3.8, 4) is 17.7 Å². The second kappa shape index (κ2) is 11.3. The normalized spacial score (nSPS) is 15.0. The Balaban J connectivity index is 1.50. The Morgan fingerprint density at radius 2 is 1.89 bits per heavy atom. The number of carbonyl (C=O) groups excluding carboxylic acids is 2. The van der Waals surface area contributed by atoms with E-state index in [1.807, 2.05) is 18.2 Å². The fraction of sp³-hybridized carbons (Fsp3) is 0.200. The molecule has 0 radical (unpaired) electrons. The van der Waals surface area contributed by atoms with Crippen molar-refractivity contribution < 1.29 is 14.3 Å². The molecule has 1 atom stereocenters. The van der Waals surface area contributed by atoms with Crippen LogP contribution in [0.15, 0.2) is 65.7 Å². The maximum absolute atomic E-state index is 13.3. The summed E-state index contributed by atoms with van der Waals surface area (Å²) in [4.78, 5) is 31.2. The zero-order valence-electron chi connectivity index (χ0n) is 19.3. The lowest BCUT2D eigenvalue weighted by atomic mass is 10.1. The van der Waals surface area contributed by atoms with Crippen molar-refractivity contribution in [2.75, 3.05) is 11.9 Å². The van der Waals surface area contributed by atoms with E-state index >= 15 is 0 Å². The van der Waals surface area contributed by atoms with Crippen LogP contribution in [0.4, 0.5) is 5.69 Å². The van der Waals surface area contributed by atoms with Crippen LogP contribution in [0.5, 0.6) is 11.6 Å². The minimum Gasteiger partial charge on any atom is -0.438 e. The van der Waals surface area contributed by atoms with Crippen molar-refractivity contribution in [3.05, 3.63) is 76.9 Å². The number of nitrogens with zero attached hydrogens (tertiary/aromatic N) is 5. The zero-order valence-corrected chi connectivity index (χ0v) is 20.1. The fourth-order valence-electron chi connectivity index (χ4n) is 3.36. The number of ether oxygens (including phenoxy) is 1. The summed E-state index contributed by atoms with van der Waals surface area (Å²) in [5.74, 6) is 0.661. The summed E-state index contributed by atoms with van der Waals surface area (Å²) in [5.41, 5.74) is 1.73. The van der Waals surface area contributed by atoms with E-state index in [2.05, 4.69) is 25.8 Å². The molecule has 1 aliphatic heterocycles. The molecule has 0 bridgehead atoms. The summed E-state index contributed by atoms with van der Waals surface area (Å²) in [5, 5.41) is 22.9. The fourth-order valence-corrected chi connectivity index (χ4v) is 3.49. The lowest BCUT2D eigenvalue weighted by Gasteiger charge is -2.32. The number of amides is 2. The molecule has 0 spiro atoms. The van der Waals surface area contributed by atoms with Crippen LogP contribution in [0, 0.1) is 11.3 Å². The van der Waals surface area contributed by atoms with Gasteiger partial charge in [0.2, 0.25) is 17.7 Å². The van der Waals surface area contributed by atoms with Crippen molar-refractivity contribution in [2.45, 2.75) is 25.9 Å². The van der Waals surface area contributed by atoms with Crippen LogP contribution in [-0.4, -0.2) is 45.5 Å². The summed E-state index contributed by atoms with van der Waals surface area (Å²) < 4.78 is 5.65. The Bertz CT molecular complexity index is 1300. The molecule has 3 aromatic rings. The Morgan fingerprint density at radius 3 is 2.53 bits per heavy atom. The summed E-state index contributed by atoms with van der Waals surface area (Å²) in [6.07, 6.45) is 0.276. The van der Waals surface area contributed by atoms with Gasteiger partial charge in [0.1, 0.15) is 17.9 Å². The largest absolute Gasteiger partial charge is 0.438 e. The van der Waals surface area contributed by atoms with Gasteiger partial charge in [0.05, 0.1) is 13.1 Å². The van der Waals surface area contributed by atoms with Gasteiger partial charge in [-0.25, -0.2) is 4.99 Å². The molecule has 10 nitrogen and oxygen atoms in total. The van der Waals surface area contributed by atoms with Gasteiger partial charge < -0.3 is 15.4 Å². The van der Waals surface area contributed by atoms with Crippen molar-refractivity contribution in [1.82, 2.24) is 20.4 Å². The second-order valence-corrected chi connectivity index (χ2v) is 8.25. The van der Waals surface area contributed by atoms with Crippen molar-refractivity contribution in [2.24, 2.45) is 4.99 Å². The Labute approximate surface area is 212 Å². The van der Waals surface area contributed by atoms with E-state index in [9.17, 15) is 9.59 Å². The molecule has 0 aliphatic carbocycles. The van der Waals surface area contributed by atoms with Gasteiger partial charge in [-0.1, -0.05) is 30.7 Å². The van der Waals surface area contributed by atoms with Gasteiger partial charge in [0.15, 0.2) is 5.69 Å². The van der Waals surface area contributed by atoms with Crippen molar-refractivity contribution >= 4 is 35.1 Å². The molecular formula is C25H22ClN7O3. The SMILES string of the molecule is CCC(=O)NC1CN=C(Nc2ccc(Oc3ccc(C#N)nn3)cc2)N(Cc2ccc(Cl)cc2)C1=O. The van der Waals surface area contributed by atoms with E-state index in [0.717, 1.165) is 5.56 Å². The van der Waals surface area contributed by atoms with Crippen LogP contribution in [-0.2, 0) is 16.1 Å². The van der Waals surface area contributed by atoms with E-state index in [0.29, 0.717) is 22.4 Å². The van der Waals surface area contributed by atoms with Gasteiger partial charge in [-0.05, 0) is 48.0 Å². The van der Waals surface area contributed by atoms with Gasteiger partial charge >= 0.3 is 0 Å². The van der Waals surface area contributed by atoms with Crippen LogP contribution in [0.3, 0.4) is 0 Å². The van der Waals surface area contributed by atoms with Gasteiger partial charge in [0.25, 0.3) is 5.91 Å². The van der Waals surface area contributed by atoms with E-state index in [-0.39, 0.29) is 42.9 Å². The van der Waals surface area contributed by atoms with Crippen LogP contribution in [0.25, 0.3) is 0 Å². The van der Waals surface area contributed by atoms with Gasteiger partial charge in [-0.2, -0.15) is 5.26 Å². The molecule has 1 aliphatic rings. The molecule has 2 N–H and O–H groups in total. The highest BCUT2D eigenvalue weighted by molar-refractivity contribution is 6.30. The first-order valence-electron chi connectivity index (χ1n) is 11.1. The maximum Gasteiger partial charge on any atom is 0.254 e. The molecular weight excluding hydrogens is 482 g/mol. The van der Waals surface area contributed by atoms with E-state index in [1.54, 1.807) is 49.4 Å². The first kappa shape index (κ1) is 24.6. The third kappa shape index (κ3) is 6.14. The number of benzene rings is 2. The summed E-state index contributed by atoms with van der Waals surface area (Å²) in [6.45, 7) is 2.10. The molecule has 2 heterocycles. The first-order valence-corrected chi connectivity index (χ1v) is 11.5. The van der Waals surface area contributed by atoms with Crippen molar-refractivity contribution in [1.29, 1.82) is 5.26 Å². The Hall–Kier alpha value is -4.49. The lowest BCUT2D eigenvalue weighted by Crippen LogP contribution is -2.56. The number of anilines is 1. The third-order valence-corrected chi connectivity index (χ3v) is 5.49. The third-order valence-electron chi connectivity index (χ3n) is 5.24. The minimum absolute atomic E-state index is 0.128. The average Bonchev–Trinajstić information content (AvgIpc) is 2.90.